The molecule has 5 nitrogen and oxygen atoms in total. The van der Waals surface area contributed by atoms with Crippen molar-refractivity contribution in [1.82, 2.24) is 20.4 Å². The number of hydrogen-bond donors (Lipinski definition) is 2. The maximum Gasteiger partial charge on any atom is 0.287 e. The minimum absolute atomic E-state index is 0.133. The Morgan fingerprint density at radius 1 is 1.37 bits per heavy atom. The molecule has 0 aliphatic carbocycles. The number of aryl methyl sites for hydroxylation is 1. The fourth-order valence-corrected chi connectivity index (χ4v) is 3.12. The molecular formula is C19H29F2N4OP. The molecule has 0 amide bonds. The fraction of sp³-hybridized carbons (Fsp3) is 0.526. The van der Waals surface area contributed by atoms with Crippen LogP contribution in [0.1, 0.15) is 30.7 Å². The third kappa shape index (κ3) is 5.71. The lowest BCUT2D eigenvalue weighted by atomic mass is 9.99. The highest BCUT2D eigenvalue weighted by Gasteiger charge is 2.31. The zero-order chi connectivity index (χ0) is 20.2. The van der Waals surface area contributed by atoms with Gasteiger partial charge in [0.05, 0.1) is 23.6 Å². The maximum atomic E-state index is 14.3. The summed E-state index contributed by atoms with van der Waals surface area (Å²) in [5, 5.41) is 10.2. The number of hydrogen-bond acceptors (Lipinski definition) is 4. The number of benzene rings is 1. The van der Waals surface area contributed by atoms with Gasteiger partial charge in [0.2, 0.25) is 0 Å². The number of likely N-dealkylation sites (N-methyl/N-ethyl adjacent to an activating group) is 2. The molecule has 1 heterocycles. The molecule has 0 fully saturated rings. The minimum atomic E-state index is -3.08. The Morgan fingerprint density at radius 2 is 2.07 bits per heavy atom. The van der Waals surface area contributed by atoms with E-state index in [9.17, 15) is 8.78 Å². The average Bonchev–Trinajstić information content (AvgIpc) is 3.01. The van der Waals surface area contributed by atoms with Crippen LogP contribution in [-0.2, 0) is 12.2 Å². The van der Waals surface area contributed by atoms with Gasteiger partial charge in [0.15, 0.2) is 0 Å². The van der Waals surface area contributed by atoms with Crippen LogP contribution >= 0.6 is 9.24 Å². The molecular weight excluding hydrogens is 369 g/mol. The van der Waals surface area contributed by atoms with Crippen molar-refractivity contribution in [3.05, 3.63) is 35.2 Å². The first kappa shape index (κ1) is 21.7. The van der Waals surface area contributed by atoms with E-state index in [4.69, 9.17) is 4.74 Å². The Balaban J connectivity index is 2.43. The Kier molecular flexibility index (Phi) is 7.32. The molecule has 0 saturated carbocycles. The molecule has 2 aromatic rings. The number of rotatable bonds is 9. The summed E-state index contributed by atoms with van der Waals surface area (Å²) in [6.07, 6.45) is 1.50. The molecule has 1 aromatic carbocycles. The quantitative estimate of drug-likeness (QED) is 0.632. The van der Waals surface area contributed by atoms with Crippen LogP contribution in [-0.4, -0.2) is 48.4 Å². The standard InChI is InChI=1S/C19H29F2N4OP/c1-12(2)26-18-13(3)8-14(9-16(18)19(20,21)27)15-10-23-24-17(15)11-25(5)7-6-22-4/h8-10,12,22H,6-7,11,27H2,1-5H3,(H,23,24). The molecule has 1 atom stereocenters. The molecule has 27 heavy (non-hydrogen) atoms. The number of alkyl halides is 2. The van der Waals surface area contributed by atoms with E-state index in [1.54, 1.807) is 22.4 Å². The second kappa shape index (κ2) is 9.09. The summed E-state index contributed by atoms with van der Waals surface area (Å²) in [5.41, 5.74) is -0.129. The van der Waals surface area contributed by atoms with Gasteiger partial charge in [0.1, 0.15) is 5.75 Å². The lowest BCUT2D eigenvalue weighted by Crippen LogP contribution is -2.27. The van der Waals surface area contributed by atoms with Crippen molar-refractivity contribution in [1.29, 1.82) is 0 Å². The van der Waals surface area contributed by atoms with E-state index in [2.05, 4.69) is 20.4 Å². The molecule has 8 heteroatoms. The van der Waals surface area contributed by atoms with Crippen molar-refractivity contribution in [3.8, 4) is 16.9 Å². The zero-order valence-corrected chi connectivity index (χ0v) is 17.7. The third-order valence-corrected chi connectivity index (χ3v) is 4.50. The van der Waals surface area contributed by atoms with Crippen LogP contribution in [0.5, 0.6) is 5.75 Å². The molecule has 150 valence electrons. The Bertz CT molecular complexity index is 759. The number of halogens is 2. The number of nitrogens with one attached hydrogen (secondary N) is 2. The maximum absolute atomic E-state index is 14.3. The van der Waals surface area contributed by atoms with Gasteiger partial charge in [0, 0.05) is 25.2 Å². The van der Waals surface area contributed by atoms with Crippen LogP contribution in [0.3, 0.4) is 0 Å². The predicted molar refractivity (Wildman–Crippen MR) is 108 cm³/mol. The predicted octanol–water partition coefficient (Wildman–Crippen LogP) is 3.75. The van der Waals surface area contributed by atoms with E-state index >= 15 is 0 Å². The SMILES string of the molecule is CNCCN(C)Cc1[nH]ncc1-c1cc(C)c(OC(C)C)c(C(F)(F)P)c1. The monoisotopic (exact) mass is 398 g/mol. The normalized spacial score (nSPS) is 12.2. The number of ether oxygens (including phenoxy) is 1. The van der Waals surface area contributed by atoms with Crippen LogP contribution in [0.2, 0.25) is 0 Å². The summed E-state index contributed by atoms with van der Waals surface area (Å²) < 4.78 is 34.2. The first-order valence-electron chi connectivity index (χ1n) is 8.97. The van der Waals surface area contributed by atoms with E-state index in [1.807, 2.05) is 34.0 Å². The number of aromatic amines is 1. The highest BCUT2D eigenvalue weighted by molar-refractivity contribution is 7.17. The van der Waals surface area contributed by atoms with Crippen LogP contribution in [0.15, 0.2) is 18.3 Å². The van der Waals surface area contributed by atoms with Crippen molar-refractivity contribution in [3.63, 3.8) is 0 Å². The fourth-order valence-electron chi connectivity index (χ4n) is 2.90. The molecule has 0 radical (unpaired) electrons. The summed E-state index contributed by atoms with van der Waals surface area (Å²) >= 11 is 0. The van der Waals surface area contributed by atoms with E-state index in [0.29, 0.717) is 17.7 Å². The number of aromatic nitrogens is 2. The molecule has 0 spiro atoms. The number of nitrogens with zero attached hydrogens (tertiary/aromatic N) is 2. The Hall–Kier alpha value is -1.56. The average molecular weight is 398 g/mol. The molecule has 0 aliphatic heterocycles. The molecule has 2 rings (SSSR count). The van der Waals surface area contributed by atoms with Gasteiger partial charge in [-0.25, -0.2) is 0 Å². The third-order valence-electron chi connectivity index (χ3n) is 4.19. The van der Waals surface area contributed by atoms with Crippen LogP contribution < -0.4 is 10.1 Å². The topological polar surface area (TPSA) is 53.2 Å². The van der Waals surface area contributed by atoms with Crippen LogP contribution in [0, 0.1) is 6.92 Å². The van der Waals surface area contributed by atoms with Crippen molar-refractivity contribution in [2.45, 2.75) is 39.1 Å². The van der Waals surface area contributed by atoms with E-state index in [0.717, 1.165) is 24.3 Å². The molecule has 2 N–H and O–H groups in total. The largest absolute Gasteiger partial charge is 0.490 e. The van der Waals surface area contributed by atoms with Crippen molar-refractivity contribution in [2.75, 3.05) is 27.2 Å². The summed E-state index contributed by atoms with van der Waals surface area (Å²) in [6, 6.07) is 3.37. The van der Waals surface area contributed by atoms with Crippen molar-refractivity contribution < 1.29 is 13.5 Å². The van der Waals surface area contributed by atoms with E-state index < -0.39 is 5.66 Å². The highest BCUT2D eigenvalue weighted by Crippen LogP contribution is 2.44. The Labute approximate surface area is 162 Å². The minimum Gasteiger partial charge on any atom is -0.490 e. The van der Waals surface area contributed by atoms with Gasteiger partial charge in [-0.2, -0.15) is 13.9 Å². The molecule has 0 saturated heterocycles. The lowest BCUT2D eigenvalue weighted by molar-refractivity contribution is 0.0967. The van der Waals surface area contributed by atoms with Gasteiger partial charge in [-0.3, -0.25) is 10.00 Å². The van der Waals surface area contributed by atoms with Crippen LogP contribution in [0.25, 0.3) is 11.1 Å². The van der Waals surface area contributed by atoms with Crippen LogP contribution in [0.4, 0.5) is 8.78 Å². The highest BCUT2D eigenvalue weighted by atomic mass is 31.0. The van der Waals surface area contributed by atoms with E-state index in [-0.39, 0.29) is 17.4 Å². The first-order chi connectivity index (χ1) is 12.6. The second-order valence-electron chi connectivity index (χ2n) is 7.06. The summed E-state index contributed by atoms with van der Waals surface area (Å²) in [4.78, 5) is 2.14. The smallest absolute Gasteiger partial charge is 0.287 e. The summed E-state index contributed by atoms with van der Waals surface area (Å²) in [7, 11) is 5.53. The van der Waals surface area contributed by atoms with Gasteiger partial charge in [0.25, 0.3) is 5.66 Å². The first-order valence-corrected chi connectivity index (χ1v) is 9.55. The van der Waals surface area contributed by atoms with Gasteiger partial charge < -0.3 is 10.1 Å². The zero-order valence-electron chi connectivity index (χ0n) is 16.6. The summed E-state index contributed by atoms with van der Waals surface area (Å²) in [6.45, 7) is 7.82. The molecule has 1 unspecified atom stereocenters. The lowest BCUT2D eigenvalue weighted by Gasteiger charge is -2.22. The van der Waals surface area contributed by atoms with Gasteiger partial charge in [-0.05, 0) is 58.1 Å². The Morgan fingerprint density at radius 3 is 2.67 bits per heavy atom. The van der Waals surface area contributed by atoms with Gasteiger partial charge >= 0.3 is 0 Å². The summed E-state index contributed by atoms with van der Waals surface area (Å²) in [5.74, 6) is 0.241. The molecule has 0 bridgehead atoms. The second-order valence-corrected chi connectivity index (χ2v) is 7.79. The van der Waals surface area contributed by atoms with Gasteiger partial charge in [-0.15, -0.1) is 0 Å². The molecule has 0 aliphatic rings. The number of H-pyrrole nitrogens is 1. The van der Waals surface area contributed by atoms with Crippen molar-refractivity contribution >= 4 is 9.24 Å². The van der Waals surface area contributed by atoms with Crippen molar-refractivity contribution in [2.24, 2.45) is 0 Å². The van der Waals surface area contributed by atoms with E-state index in [1.165, 1.54) is 6.07 Å². The van der Waals surface area contributed by atoms with Gasteiger partial charge in [-0.1, -0.05) is 9.24 Å². The molecule has 1 aromatic heterocycles.